The zero-order valence-corrected chi connectivity index (χ0v) is 17.1. The summed E-state index contributed by atoms with van der Waals surface area (Å²) in [5, 5.41) is 6.18. The molecular formula is C18H25N5O4S. The molecule has 1 atom stereocenters. The van der Waals surface area contributed by atoms with Crippen molar-refractivity contribution in [3.05, 3.63) is 36.0 Å². The largest absolute Gasteiger partial charge is 0.382 e. The fourth-order valence-electron chi connectivity index (χ4n) is 2.04. The highest BCUT2D eigenvalue weighted by atomic mass is 32.2. The Bertz CT molecular complexity index is 929. The number of benzene rings is 1. The average Bonchev–Trinajstić information content (AvgIpc) is 2.63. The SMILES string of the molecule is CCS(=O)(=O)Oc1ccc(Nc2ncc(C(N)=O)c(NC(C)C(C)C)n2)cc1. The summed E-state index contributed by atoms with van der Waals surface area (Å²) in [5.41, 5.74) is 6.23. The third-order valence-corrected chi connectivity index (χ3v) is 5.26. The maximum absolute atomic E-state index is 11.6. The van der Waals surface area contributed by atoms with Crippen LogP contribution in [0.1, 0.15) is 38.1 Å². The van der Waals surface area contributed by atoms with Gasteiger partial charge in [0.05, 0.1) is 11.3 Å². The van der Waals surface area contributed by atoms with E-state index in [1.54, 1.807) is 12.1 Å². The zero-order chi connectivity index (χ0) is 20.9. The molecule has 2 rings (SSSR count). The van der Waals surface area contributed by atoms with E-state index in [-0.39, 0.29) is 29.1 Å². The quantitative estimate of drug-likeness (QED) is 0.539. The van der Waals surface area contributed by atoms with Crippen molar-refractivity contribution in [1.29, 1.82) is 0 Å². The van der Waals surface area contributed by atoms with Crippen LogP contribution in [0, 0.1) is 5.92 Å². The first-order chi connectivity index (χ1) is 13.1. The number of nitrogens with zero attached hydrogens (tertiary/aromatic N) is 2. The summed E-state index contributed by atoms with van der Waals surface area (Å²) in [6.07, 6.45) is 1.36. The third-order valence-electron chi connectivity index (χ3n) is 4.11. The summed E-state index contributed by atoms with van der Waals surface area (Å²) in [5.74, 6) is 0.407. The van der Waals surface area contributed by atoms with Crippen molar-refractivity contribution >= 4 is 33.5 Å². The van der Waals surface area contributed by atoms with Crippen molar-refractivity contribution in [2.45, 2.75) is 33.7 Å². The van der Waals surface area contributed by atoms with Crippen molar-refractivity contribution in [2.75, 3.05) is 16.4 Å². The molecular weight excluding hydrogens is 382 g/mol. The van der Waals surface area contributed by atoms with Gasteiger partial charge in [-0.15, -0.1) is 0 Å². The van der Waals surface area contributed by atoms with Crippen LogP contribution in [0.25, 0.3) is 0 Å². The molecule has 0 bridgehead atoms. The van der Waals surface area contributed by atoms with Gasteiger partial charge >= 0.3 is 10.1 Å². The molecule has 4 N–H and O–H groups in total. The number of anilines is 3. The Hall–Kier alpha value is -2.88. The van der Waals surface area contributed by atoms with Crippen molar-refractivity contribution < 1.29 is 17.4 Å². The number of nitrogens with one attached hydrogen (secondary N) is 2. The van der Waals surface area contributed by atoms with Crippen LogP contribution in [0.15, 0.2) is 30.5 Å². The van der Waals surface area contributed by atoms with E-state index in [0.717, 1.165) is 0 Å². The lowest BCUT2D eigenvalue weighted by molar-refractivity contribution is 0.100. The number of rotatable bonds is 9. The van der Waals surface area contributed by atoms with E-state index in [4.69, 9.17) is 9.92 Å². The topological polar surface area (TPSA) is 136 Å². The number of aromatic nitrogens is 2. The van der Waals surface area contributed by atoms with E-state index in [1.165, 1.54) is 25.3 Å². The van der Waals surface area contributed by atoms with Gasteiger partial charge in [0.25, 0.3) is 5.91 Å². The van der Waals surface area contributed by atoms with Crippen LogP contribution in [-0.2, 0) is 10.1 Å². The van der Waals surface area contributed by atoms with Crippen LogP contribution in [-0.4, -0.2) is 36.1 Å². The lowest BCUT2D eigenvalue weighted by Gasteiger charge is -2.19. The van der Waals surface area contributed by atoms with Crippen LogP contribution < -0.4 is 20.6 Å². The van der Waals surface area contributed by atoms with Crippen molar-refractivity contribution in [1.82, 2.24) is 9.97 Å². The lowest BCUT2D eigenvalue weighted by atomic mass is 10.1. The predicted octanol–water partition coefficient (Wildman–Crippen LogP) is 2.50. The Labute approximate surface area is 164 Å². The number of carbonyl (C=O) groups excluding carboxylic acids is 1. The molecule has 1 amide bonds. The van der Waals surface area contributed by atoms with Crippen LogP contribution in [0.3, 0.4) is 0 Å². The molecule has 1 unspecified atom stereocenters. The highest BCUT2D eigenvalue weighted by Gasteiger charge is 2.16. The van der Waals surface area contributed by atoms with Crippen LogP contribution in [0.2, 0.25) is 0 Å². The predicted molar refractivity (Wildman–Crippen MR) is 108 cm³/mol. The number of hydrogen-bond donors (Lipinski definition) is 3. The first-order valence-corrected chi connectivity index (χ1v) is 10.4. The van der Waals surface area contributed by atoms with Gasteiger partial charge in [0.15, 0.2) is 0 Å². The zero-order valence-electron chi connectivity index (χ0n) is 16.3. The molecule has 0 spiro atoms. The molecule has 2 aromatic rings. The average molecular weight is 407 g/mol. The molecule has 0 aliphatic heterocycles. The molecule has 0 fully saturated rings. The Balaban J connectivity index is 2.20. The smallest absolute Gasteiger partial charge is 0.308 e. The summed E-state index contributed by atoms with van der Waals surface area (Å²) < 4.78 is 27.9. The minimum Gasteiger partial charge on any atom is -0.382 e. The van der Waals surface area contributed by atoms with Gasteiger partial charge in [0.2, 0.25) is 5.95 Å². The number of carbonyl (C=O) groups is 1. The normalized spacial score (nSPS) is 12.5. The minimum absolute atomic E-state index is 0.0674. The third kappa shape index (κ3) is 5.81. The van der Waals surface area contributed by atoms with E-state index in [2.05, 4.69) is 20.6 Å². The molecule has 9 nitrogen and oxygen atoms in total. The Morgan fingerprint density at radius 3 is 2.39 bits per heavy atom. The van der Waals surface area contributed by atoms with Crippen LogP contribution in [0.4, 0.5) is 17.5 Å². The highest BCUT2D eigenvalue weighted by Crippen LogP contribution is 2.22. The molecule has 1 aromatic heterocycles. The number of primary amides is 1. The van der Waals surface area contributed by atoms with E-state index >= 15 is 0 Å². The first-order valence-electron chi connectivity index (χ1n) is 8.84. The summed E-state index contributed by atoms with van der Waals surface area (Å²) in [6.45, 7) is 7.58. The fraction of sp³-hybridized carbons (Fsp3) is 0.389. The molecule has 152 valence electrons. The Morgan fingerprint density at radius 1 is 1.21 bits per heavy atom. The maximum Gasteiger partial charge on any atom is 0.308 e. The first kappa shape index (κ1) is 21.4. The Morgan fingerprint density at radius 2 is 1.86 bits per heavy atom. The van der Waals surface area contributed by atoms with Gasteiger partial charge < -0.3 is 20.6 Å². The van der Waals surface area contributed by atoms with Gasteiger partial charge in [-0.3, -0.25) is 4.79 Å². The number of hydrogen-bond acceptors (Lipinski definition) is 8. The van der Waals surface area contributed by atoms with Crippen molar-refractivity contribution in [3.8, 4) is 5.75 Å². The minimum atomic E-state index is -3.58. The van der Waals surface area contributed by atoms with Gasteiger partial charge in [-0.1, -0.05) is 13.8 Å². The number of amides is 1. The highest BCUT2D eigenvalue weighted by molar-refractivity contribution is 7.87. The fourth-order valence-corrected chi connectivity index (χ4v) is 2.57. The maximum atomic E-state index is 11.6. The van der Waals surface area contributed by atoms with Crippen LogP contribution >= 0.6 is 0 Å². The monoisotopic (exact) mass is 407 g/mol. The molecule has 1 heterocycles. The van der Waals surface area contributed by atoms with Gasteiger partial charge in [-0.05, 0) is 44.0 Å². The second-order valence-corrected chi connectivity index (χ2v) is 8.44. The van der Waals surface area contributed by atoms with E-state index < -0.39 is 16.0 Å². The van der Waals surface area contributed by atoms with E-state index in [1.807, 2.05) is 20.8 Å². The molecule has 0 aliphatic carbocycles. The van der Waals surface area contributed by atoms with E-state index in [0.29, 0.717) is 17.4 Å². The molecule has 0 radical (unpaired) electrons. The van der Waals surface area contributed by atoms with Crippen LogP contribution in [0.5, 0.6) is 5.75 Å². The molecule has 10 heteroatoms. The van der Waals surface area contributed by atoms with Gasteiger partial charge in [-0.25, -0.2) is 4.98 Å². The summed E-state index contributed by atoms with van der Waals surface area (Å²) >= 11 is 0. The number of nitrogens with two attached hydrogens (primary N) is 1. The molecule has 0 saturated carbocycles. The second-order valence-electron chi connectivity index (χ2n) is 6.58. The summed E-state index contributed by atoms with van der Waals surface area (Å²) in [4.78, 5) is 20.1. The molecule has 0 saturated heterocycles. The summed E-state index contributed by atoms with van der Waals surface area (Å²) in [7, 11) is -3.58. The van der Waals surface area contributed by atoms with Gasteiger partial charge in [0, 0.05) is 17.9 Å². The van der Waals surface area contributed by atoms with Gasteiger partial charge in [0.1, 0.15) is 11.6 Å². The van der Waals surface area contributed by atoms with E-state index in [9.17, 15) is 13.2 Å². The Kier molecular flexibility index (Phi) is 6.79. The summed E-state index contributed by atoms with van der Waals surface area (Å²) in [6, 6.07) is 6.38. The molecule has 0 aliphatic rings. The van der Waals surface area contributed by atoms with Crippen molar-refractivity contribution in [3.63, 3.8) is 0 Å². The molecule has 1 aromatic carbocycles. The second kappa shape index (κ2) is 8.87. The van der Waals surface area contributed by atoms with Gasteiger partial charge in [-0.2, -0.15) is 13.4 Å². The molecule has 28 heavy (non-hydrogen) atoms. The lowest BCUT2D eigenvalue weighted by Crippen LogP contribution is -2.25. The standard InChI is InChI=1S/C18H25N5O4S/c1-5-28(25,26)27-14-8-6-13(7-9-14)22-18-20-10-15(16(19)24)17(23-18)21-12(4)11(2)3/h6-12H,5H2,1-4H3,(H2,19,24)(H2,20,21,22,23). The van der Waals surface area contributed by atoms with Crippen molar-refractivity contribution in [2.24, 2.45) is 11.7 Å².